The number of hydrogen-bond donors (Lipinski definition) is 1. The number of esters is 1. The minimum absolute atomic E-state index is 0.0830. The molecule has 166 valence electrons. The number of anilines is 1. The first-order valence-electron chi connectivity index (χ1n) is 11.5. The van der Waals surface area contributed by atoms with Gasteiger partial charge in [-0.2, -0.15) is 0 Å². The molecular weight excluding hydrogens is 402 g/mol. The molecule has 0 amide bonds. The topological polar surface area (TPSA) is 38.3 Å². The number of nitrogens with one attached hydrogen (secondary N) is 1. The van der Waals surface area contributed by atoms with Crippen LogP contribution in [0.5, 0.6) is 0 Å². The van der Waals surface area contributed by atoms with E-state index in [1.807, 2.05) is 6.92 Å². The third-order valence-corrected chi connectivity index (χ3v) is 8.28. The van der Waals surface area contributed by atoms with Crippen LogP contribution in [-0.2, 0) is 25.8 Å². The first-order valence-corrected chi connectivity index (χ1v) is 12.3. The predicted molar refractivity (Wildman–Crippen MR) is 130 cm³/mol. The number of benzene rings is 2. The van der Waals surface area contributed by atoms with Gasteiger partial charge in [0.15, 0.2) is 0 Å². The van der Waals surface area contributed by atoms with Crippen molar-refractivity contribution in [2.24, 2.45) is 0 Å². The summed E-state index contributed by atoms with van der Waals surface area (Å²) in [5.41, 5.74) is 6.46. The highest BCUT2D eigenvalue weighted by atomic mass is 32.2. The zero-order valence-corrected chi connectivity index (χ0v) is 20.5. The maximum absolute atomic E-state index is 12.3. The lowest BCUT2D eigenvalue weighted by Gasteiger charge is -2.42. The maximum Gasteiger partial charge on any atom is 0.316 e. The molecule has 2 aromatic carbocycles. The van der Waals surface area contributed by atoms with Gasteiger partial charge in [-0.1, -0.05) is 45.9 Å². The number of fused-ring (bicyclic) bond motifs is 1. The molecule has 1 fully saturated rings. The van der Waals surface area contributed by atoms with Crippen molar-refractivity contribution in [3.05, 3.63) is 58.7 Å². The summed E-state index contributed by atoms with van der Waals surface area (Å²) in [5.74, 6) is -0.0830. The van der Waals surface area contributed by atoms with Crippen molar-refractivity contribution in [2.45, 2.75) is 88.4 Å². The molecule has 0 heterocycles. The summed E-state index contributed by atoms with van der Waals surface area (Å²) in [6.07, 6.45) is 4.22. The normalized spacial score (nSPS) is 19.9. The van der Waals surface area contributed by atoms with Crippen LogP contribution in [0, 0.1) is 6.92 Å². The van der Waals surface area contributed by atoms with Crippen LogP contribution in [0.1, 0.15) is 82.6 Å². The van der Waals surface area contributed by atoms with Crippen molar-refractivity contribution in [3.63, 3.8) is 0 Å². The van der Waals surface area contributed by atoms with Gasteiger partial charge in [0.25, 0.3) is 0 Å². The van der Waals surface area contributed by atoms with Crippen LogP contribution in [0.4, 0.5) is 5.69 Å². The predicted octanol–water partition coefficient (Wildman–Crippen LogP) is 7.06. The molecule has 3 nitrogen and oxygen atoms in total. The van der Waals surface area contributed by atoms with Gasteiger partial charge in [0.1, 0.15) is 0 Å². The number of ether oxygens (including phenoxy) is 1. The van der Waals surface area contributed by atoms with Crippen molar-refractivity contribution in [3.8, 4) is 0 Å². The Bertz CT molecular complexity index is 987. The molecular formula is C27H35NO2S. The first-order chi connectivity index (χ1) is 14.6. The lowest BCUT2D eigenvalue weighted by Crippen LogP contribution is -2.34. The number of carbonyl (C=O) groups is 1. The fraction of sp³-hybridized carbons (Fsp3) is 0.519. The summed E-state index contributed by atoms with van der Waals surface area (Å²) in [7, 11) is 0. The fourth-order valence-corrected chi connectivity index (χ4v) is 5.55. The van der Waals surface area contributed by atoms with Crippen molar-refractivity contribution >= 4 is 23.6 Å². The largest absolute Gasteiger partial charge is 0.465 e. The molecule has 4 heteroatoms. The van der Waals surface area contributed by atoms with Crippen molar-refractivity contribution in [1.29, 1.82) is 0 Å². The van der Waals surface area contributed by atoms with Crippen LogP contribution in [-0.4, -0.2) is 12.6 Å². The number of aryl methyl sites for hydroxylation is 1. The van der Waals surface area contributed by atoms with Crippen molar-refractivity contribution in [2.75, 3.05) is 11.3 Å². The summed E-state index contributed by atoms with van der Waals surface area (Å²) in [6, 6.07) is 13.1. The Morgan fingerprint density at radius 3 is 2.10 bits per heavy atom. The molecule has 0 saturated heterocycles. The summed E-state index contributed by atoms with van der Waals surface area (Å²) in [6.45, 7) is 14.0. The zero-order chi connectivity index (χ0) is 22.4. The van der Waals surface area contributed by atoms with Gasteiger partial charge in [-0.15, -0.1) is 0 Å². The Kier molecular flexibility index (Phi) is 5.66. The first kappa shape index (κ1) is 22.3. The van der Waals surface area contributed by atoms with Gasteiger partial charge in [-0.05, 0) is 103 Å². The zero-order valence-electron chi connectivity index (χ0n) is 19.7. The minimum Gasteiger partial charge on any atom is -0.465 e. The molecule has 0 atom stereocenters. The Morgan fingerprint density at radius 1 is 0.968 bits per heavy atom. The molecule has 0 aliphatic heterocycles. The molecule has 1 N–H and O–H groups in total. The summed E-state index contributed by atoms with van der Waals surface area (Å²) < 4.78 is 8.80. The van der Waals surface area contributed by atoms with Crippen LogP contribution in [0.15, 0.2) is 41.3 Å². The highest BCUT2D eigenvalue weighted by Gasteiger charge is 2.52. The van der Waals surface area contributed by atoms with Crippen LogP contribution < -0.4 is 4.72 Å². The van der Waals surface area contributed by atoms with E-state index in [1.165, 1.54) is 34.4 Å². The molecule has 0 radical (unpaired) electrons. The van der Waals surface area contributed by atoms with E-state index in [1.54, 1.807) is 11.9 Å². The smallest absolute Gasteiger partial charge is 0.316 e. The Balaban J connectivity index is 1.51. The molecule has 31 heavy (non-hydrogen) atoms. The van der Waals surface area contributed by atoms with E-state index in [0.29, 0.717) is 6.61 Å². The van der Waals surface area contributed by atoms with E-state index in [2.05, 4.69) is 75.7 Å². The number of carbonyl (C=O) groups excluding carboxylic acids is 1. The highest BCUT2D eigenvalue weighted by Crippen LogP contribution is 2.50. The lowest BCUT2D eigenvalue weighted by atomic mass is 9.63. The van der Waals surface area contributed by atoms with Crippen LogP contribution in [0.3, 0.4) is 0 Å². The van der Waals surface area contributed by atoms with E-state index >= 15 is 0 Å². The summed E-state index contributed by atoms with van der Waals surface area (Å²) >= 11 is 1.68. The molecule has 2 aromatic rings. The van der Waals surface area contributed by atoms with E-state index < -0.39 is 5.41 Å². The fourth-order valence-electron chi connectivity index (χ4n) is 4.79. The monoisotopic (exact) mass is 437 g/mol. The van der Waals surface area contributed by atoms with Gasteiger partial charge in [0.2, 0.25) is 0 Å². The van der Waals surface area contributed by atoms with Crippen molar-refractivity contribution in [1.82, 2.24) is 0 Å². The molecule has 0 bridgehead atoms. The van der Waals surface area contributed by atoms with Crippen LogP contribution in [0.25, 0.3) is 0 Å². The third-order valence-electron chi connectivity index (χ3n) is 7.28. The third kappa shape index (κ3) is 4.11. The van der Waals surface area contributed by atoms with E-state index in [-0.39, 0.29) is 16.8 Å². The lowest BCUT2D eigenvalue weighted by molar-refractivity contribution is -0.146. The molecule has 1 saturated carbocycles. The van der Waals surface area contributed by atoms with Crippen LogP contribution >= 0.6 is 11.9 Å². The average Bonchev–Trinajstić information content (AvgIpc) is 3.53. The maximum atomic E-state index is 12.3. The molecule has 0 unspecified atom stereocenters. The number of hydrogen-bond acceptors (Lipinski definition) is 4. The Labute approximate surface area is 191 Å². The Hall–Kier alpha value is -1.94. The highest BCUT2D eigenvalue weighted by molar-refractivity contribution is 8.00. The quantitative estimate of drug-likeness (QED) is 0.388. The van der Waals surface area contributed by atoms with Gasteiger partial charge in [-0.3, -0.25) is 4.79 Å². The SMILES string of the molecule is CCOC(=O)C1(c2ccc(NSc3cc4c(cc3C)C(C)(C)CCC4(C)C)cc2)CC1. The van der Waals surface area contributed by atoms with Gasteiger partial charge < -0.3 is 9.46 Å². The molecule has 2 aliphatic rings. The summed E-state index contributed by atoms with van der Waals surface area (Å²) in [4.78, 5) is 13.6. The summed E-state index contributed by atoms with van der Waals surface area (Å²) in [5, 5.41) is 0. The van der Waals surface area contributed by atoms with E-state index in [0.717, 1.165) is 24.1 Å². The Morgan fingerprint density at radius 2 is 1.55 bits per heavy atom. The van der Waals surface area contributed by atoms with Crippen molar-refractivity contribution < 1.29 is 9.53 Å². The second kappa shape index (κ2) is 7.88. The van der Waals surface area contributed by atoms with Gasteiger partial charge in [0, 0.05) is 10.6 Å². The standard InChI is InChI=1S/C27H35NO2S/c1-7-30-24(29)27(14-15-27)19-8-10-20(11-9-19)28-31-23-17-22-21(16-18(23)2)25(3,4)12-13-26(22,5)6/h8-11,16-17,28H,7,12-15H2,1-6H3. The second-order valence-corrected chi connectivity index (χ2v) is 11.4. The van der Waals surface area contributed by atoms with E-state index in [4.69, 9.17) is 4.74 Å². The molecule has 0 spiro atoms. The van der Waals surface area contributed by atoms with Gasteiger partial charge in [0.05, 0.1) is 12.0 Å². The molecule has 0 aromatic heterocycles. The number of rotatable bonds is 6. The second-order valence-electron chi connectivity index (χ2n) is 10.5. The van der Waals surface area contributed by atoms with Gasteiger partial charge in [-0.25, -0.2) is 0 Å². The molecule has 4 rings (SSSR count). The van der Waals surface area contributed by atoms with Gasteiger partial charge >= 0.3 is 5.97 Å². The minimum atomic E-state index is -0.408. The van der Waals surface area contributed by atoms with E-state index in [9.17, 15) is 4.79 Å². The molecule has 2 aliphatic carbocycles. The average molecular weight is 438 g/mol. The van der Waals surface area contributed by atoms with Crippen LogP contribution in [0.2, 0.25) is 0 Å².